The third-order valence-electron chi connectivity index (χ3n) is 3.65. The zero-order valence-electron chi connectivity index (χ0n) is 11.2. The molecule has 1 aliphatic rings. The van der Waals surface area contributed by atoms with Crippen molar-refractivity contribution in [2.75, 3.05) is 13.1 Å². The van der Waals surface area contributed by atoms with Gasteiger partial charge in [0, 0.05) is 16.9 Å². The van der Waals surface area contributed by atoms with Crippen LogP contribution in [0.3, 0.4) is 0 Å². The van der Waals surface area contributed by atoms with Crippen molar-refractivity contribution in [2.24, 2.45) is 0 Å². The third kappa shape index (κ3) is 4.41. The molecule has 0 unspecified atom stereocenters. The molecule has 0 aliphatic heterocycles. The molecule has 0 saturated heterocycles. The molecule has 19 heavy (non-hydrogen) atoms. The topological polar surface area (TPSA) is 49.3 Å². The average Bonchev–Trinajstić information content (AvgIpc) is 3.09. The number of rotatable bonds is 7. The van der Waals surface area contributed by atoms with Crippen molar-refractivity contribution in [3.63, 3.8) is 0 Å². The Bertz CT molecular complexity index is 440. The fraction of sp³-hybridized carbons (Fsp3) is 0.533. The monoisotopic (exact) mass is 325 g/mol. The molecule has 1 aromatic carbocycles. The first kappa shape index (κ1) is 14.7. The number of hydrogen-bond donors (Lipinski definition) is 2. The van der Waals surface area contributed by atoms with Gasteiger partial charge in [0.2, 0.25) is 0 Å². The van der Waals surface area contributed by atoms with Crippen LogP contribution in [0, 0.1) is 0 Å². The lowest BCUT2D eigenvalue weighted by Crippen LogP contribution is -2.30. The number of carbonyl (C=O) groups excluding carboxylic acids is 1. The second-order valence-corrected chi connectivity index (χ2v) is 6.32. The van der Waals surface area contributed by atoms with E-state index in [1.165, 1.54) is 0 Å². The Morgan fingerprint density at radius 3 is 2.58 bits per heavy atom. The number of ketones is 1. The van der Waals surface area contributed by atoms with Crippen LogP contribution < -0.4 is 5.32 Å². The molecule has 2 N–H and O–H groups in total. The van der Waals surface area contributed by atoms with Gasteiger partial charge in [0.05, 0.1) is 5.60 Å². The summed E-state index contributed by atoms with van der Waals surface area (Å²) in [6, 6.07) is 7.91. The molecule has 1 aliphatic carbocycles. The Morgan fingerprint density at radius 1 is 1.42 bits per heavy atom. The largest absolute Gasteiger partial charge is 0.389 e. The predicted octanol–water partition coefficient (Wildman–Crippen LogP) is 2.63. The number of benzene rings is 1. The first-order valence-electron chi connectivity index (χ1n) is 6.69. The zero-order chi connectivity index (χ0) is 13.9. The Labute approximate surface area is 122 Å². The minimum Gasteiger partial charge on any atom is -0.389 e. The lowest BCUT2D eigenvalue weighted by atomic mass is 9.92. The molecule has 3 nitrogen and oxygen atoms in total. The number of hydrogen-bond acceptors (Lipinski definition) is 3. The third-order valence-corrected chi connectivity index (χ3v) is 4.18. The van der Waals surface area contributed by atoms with Gasteiger partial charge >= 0.3 is 0 Å². The van der Waals surface area contributed by atoms with E-state index in [0.717, 1.165) is 35.8 Å². The van der Waals surface area contributed by atoms with Crippen molar-refractivity contribution in [3.05, 3.63) is 34.3 Å². The van der Waals surface area contributed by atoms with Crippen molar-refractivity contribution in [2.45, 2.75) is 37.7 Å². The van der Waals surface area contributed by atoms with Crippen molar-refractivity contribution in [1.82, 2.24) is 5.32 Å². The van der Waals surface area contributed by atoms with Crippen molar-refractivity contribution >= 4 is 21.7 Å². The van der Waals surface area contributed by atoms with Crippen molar-refractivity contribution < 1.29 is 9.90 Å². The lowest BCUT2D eigenvalue weighted by molar-refractivity contribution is -0.118. The minimum absolute atomic E-state index is 0.0607. The summed E-state index contributed by atoms with van der Waals surface area (Å²) in [6.45, 7) is 3.03. The molecule has 104 valence electrons. The normalized spacial score (nSPS) is 18.1. The molecule has 0 radical (unpaired) electrons. The molecule has 2 rings (SSSR count). The second kappa shape index (κ2) is 6.16. The van der Waals surface area contributed by atoms with Crippen LogP contribution in [0.1, 0.15) is 37.7 Å². The van der Waals surface area contributed by atoms with Crippen LogP contribution in [0.25, 0.3) is 0 Å². The maximum atomic E-state index is 11.7. The second-order valence-electron chi connectivity index (χ2n) is 5.40. The Kier molecular flexibility index (Phi) is 4.76. The van der Waals surface area contributed by atoms with Crippen LogP contribution in [-0.2, 0) is 4.79 Å². The molecule has 1 atom stereocenters. The van der Waals surface area contributed by atoms with Crippen LogP contribution in [0.4, 0.5) is 0 Å². The van der Waals surface area contributed by atoms with Gasteiger partial charge in [-0.15, -0.1) is 0 Å². The van der Waals surface area contributed by atoms with Crippen LogP contribution in [0.5, 0.6) is 0 Å². The predicted molar refractivity (Wildman–Crippen MR) is 79.2 cm³/mol. The van der Waals surface area contributed by atoms with Gasteiger partial charge in [-0.25, -0.2) is 0 Å². The number of carbonyl (C=O) groups is 1. The van der Waals surface area contributed by atoms with E-state index in [0.29, 0.717) is 6.54 Å². The van der Waals surface area contributed by atoms with Gasteiger partial charge in [-0.05, 0) is 50.4 Å². The summed E-state index contributed by atoms with van der Waals surface area (Å²) in [4.78, 5) is 11.7. The highest BCUT2D eigenvalue weighted by molar-refractivity contribution is 9.10. The van der Waals surface area contributed by atoms with Gasteiger partial charge in [0.1, 0.15) is 5.78 Å². The maximum Gasteiger partial charge on any atom is 0.137 e. The molecule has 1 fully saturated rings. The standard InChI is InChI=1S/C15H20BrNO2/c1-11(18)14(12-2-4-13(16)5-3-12)6-9-17-10-15(19)7-8-15/h2-5,14,17,19H,6-10H2,1H3/t14-/m0/s1. The molecule has 0 aromatic heterocycles. The van der Waals surface area contributed by atoms with Crippen LogP contribution >= 0.6 is 15.9 Å². The molecule has 1 aromatic rings. The molecular formula is C15H20BrNO2. The van der Waals surface area contributed by atoms with E-state index in [-0.39, 0.29) is 11.7 Å². The minimum atomic E-state index is -0.469. The lowest BCUT2D eigenvalue weighted by Gasteiger charge is -2.16. The summed E-state index contributed by atoms with van der Waals surface area (Å²) in [5.74, 6) is 0.128. The van der Waals surface area contributed by atoms with Crippen LogP contribution in [-0.4, -0.2) is 29.6 Å². The van der Waals surface area contributed by atoms with Crippen molar-refractivity contribution in [1.29, 1.82) is 0 Å². The van der Waals surface area contributed by atoms with Crippen LogP contribution in [0.15, 0.2) is 28.7 Å². The van der Waals surface area contributed by atoms with E-state index in [1.54, 1.807) is 6.92 Å². The number of Topliss-reactive ketones (excluding diaryl/α,β-unsaturated/α-hetero) is 1. The van der Waals surface area contributed by atoms with E-state index in [2.05, 4.69) is 21.2 Å². The van der Waals surface area contributed by atoms with E-state index >= 15 is 0 Å². The zero-order valence-corrected chi connectivity index (χ0v) is 12.7. The molecular weight excluding hydrogens is 306 g/mol. The Morgan fingerprint density at radius 2 is 2.05 bits per heavy atom. The molecule has 4 heteroatoms. The fourth-order valence-electron chi connectivity index (χ4n) is 2.19. The van der Waals surface area contributed by atoms with E-state index in [4.69, 9.17) is 0 Å². The summed E-state index contributed by atoms with van der Waals surface area (Å²) in [5, 5.41) is 13.0. The molecule has 0 bridgehead atoms. The first-order chi connectivity index (χ1) is 9.00. The highest BCUT2D eigenvalue weighted by Crippen LogP contribution is 2.34. The molecule has 0 heterocycles. The summed E-state index contributed by atoms with van der Waals surface area (Å²) in [6.07, 6.45) is 2.55. The van der Waals surface area contributed by atoms with E-state index in [1.807, 2.05) is 24.3 Å². The van der Waals surface area contributed by atoms with Crippen molar-refractivity contribution in [3.8, 4) is 0 Å². The Balaban J connectivity index is 1.85. The first-order valence-corrected chi connectivity index (χ1v) is 7.48. The summed E-state index contributed by atoms with van der Waals surface area (Å²) < 4.78 is 1.02. The highest BCUT2D eigenvalue weighted by Gasteiger charge is 2.39. The number of halogens is 1. The van der Waals surface area contributed by atoms with Gasteiger partial charge in [-0.2, -0.15) is 0 Å². The maximum absolute atomic E-state index is 11.7. The number of aliphatic hydroxyl groups is 1. The summed E-state index contributed by atoms with van der Waals surface area (Å²) in [7, 11) is 0. The van der Waals surface area contributed by atoms with Gasteiger partial charge in [0.15, 0.2) is 0 Å². The van der Waals surface area contributed by atoms with Gasteiger partial charge in [-0.1, -0.05) is 28.1 Å². The van der Waals surface area contributed by atoms with Gasteiger partial charge in [-0.3, -0.25) is 4.79 Å². The molecule has 1 saturated carbocycles. The molecule has 0 amide bonds. The summed E-state index contributed by atoms with van der Waals surface area (Å²) in [5.41, 5.74) is 0.589. The summed E-state index contributed by atoms with van der Waals surface area (Å²) >= 11 is 3.40. The van der Waals surface area contributed by atoms with E-state index < -0.39 is 5.60 Å². The number of nitrogens with one attached hydrogen (secondary N) is 1. The SMILES string of the molecule is CC(=O)[C@H](CCNCC1(O)CC1)c1ccc(Br)cc1. The van der Waals surface area contributed by atoms with Gasteiger partial charge < -0.3 is 10.4 Å². The average molecular weight is 326 g/mol. The smallest absolute Gasteiger partial charge is 0.137 e. The quantitative estimate of drug-likeness (QED) is 0.758. The van der Waals surface area contributed by atoms with E-state index in [9.17, 15) is 9.90 Å². The van der Waals surface area contributed by atoms with Gasteiger partial charge in [0.25, 0.3) is 0 Å². The highest BCUT2D eigenvalue weighted by atomic mass is 79.9. The fourth-order valence-corrected chi connectivity index (χ4v) is 2.45. The van der Waals surface area contributed by atoms with Crippen LogP contribution in [0.2, 0.25) is 0 Å². The Hall–Kier alpha value is -0.710. The molecule has 0 spiro atoms.